The van der Waals surface area contributed by atoms with E-state index in [4.69, 9.17) is 5.73 Å². The smallest absolute Gasteiger partial charge is 0.220 e. The van der Waals surface area contributed by atoms with Gasteiger partial charge in [0.1, 0.15) is 0 Å². The number of carbonyl (C=O) groups is 1. The van der Waals surface area contributed by atoms with Crippen molar-refractivity contribution in [3.05, 3.63) is 0 Å². The molecule has 3 heteroatoms. The molecule has 38 heavy (non-hydrogen) atoms. The van der Waals surface area contributed by atoms with Gasteiger partial charge in [-0.15, -0.1) is 0 Å². The van der Waals surface area contributed by atoms with Gasteiger partial charge in [0, 0.05) is 12.5 Å². The Morgan fingerprint density at radius 3 is 1.00 bits per heavy atom. The van der Waals surface area contributed by atoms with Gasteiger partial charge in [-0.2, -0.15) is 0 Å². The SMILES string of the molecule is CCCCCCCCCCCCCCCCCCCCCCCCCCCCC(C(N)=O)C(CO)CCC. The van der Waals surface area contributed by atoms with Crippen molar-refractivity contribution in [1.29, 1.82) is 0 Å². The number of nitrogens with two attached hydrogens (primary N) is 1. The first-order chi connectivity index (χ1) is 18.7. The number of aliphatic hydroxyl groups is 1. The Kier molecular flexibility index (Phi) is 30.5. The van der Waals surface area contributed by atoms with Crippen molar-refractivity contribution < 1.29 is 9.90 Å². The Hall–Kier alpha value is -0.570. The summed E-state index contributed by atoms with van der Waals surface area (Å²) in [5.74, 6) is -0.317. The second kappa shape index (κ2) is 31.0. The van der Waals surface area contributed by atoms with E-state index in [-0.39, 0.29) is 24.3 Å². The van der Waals surface area contributed by atoms with Crippen LogP contribution in [0.15, 0.2) is 0 Å². The van der Waals surface area contributed by atoms with Gasteiger partial charge in [-0.25, -0.2) is 0 Å². The first-order valence-corrected chi connectivity index (χ1v) is 17.6. The van der Waals surface area contributed by atoms with Crippen molar-refractivity contribution in [2.24, 2.45) is 17.6 Å². The molecule has 0 rings (SSSR count). The van der Waals surface area contributed by atoms with Crippen molar-refractivity contribution in [3.8, 4) is 0 Å². The van der Waals surface area contributed by atoms with E-state index in [1.54, 1.807) is 0 Å². The molecule has 0 spiro atoms. The summed E-state index contributed by atoms with van der Waals surface area (Å²) in [5, 5.41) is 9.57. The van der Waals surface area contributed by atoms with Crippen LogP contribution in [0.5, 0.6) is 0 Å². The molecule has 0 heterocycles. The fraction of sp³-hybridized carbons (Fsp3) is 0.971. The number of primary amides is 1. The third-order valence-electron chi connectivity index (χ3n) is 8.70. The third-order valence-corrected chi connectivity index (χ3v) is 8.70. The van der Waals surface area contributed by atoms with E-state index in [0.717, 1.165) is 25.7 Å². The molecule has 0 aliphatic carbocycles. The molecule has 0 bridgehead atoms. The van der Waals surface area contributed by atoms with Gasteiger partial charge in [-0.1, -0.05) is 187 Å². The molecule has 0 aromatic carbocycles. The first-order valence-electron chi connectivity index (χ1n) is 17.6. The van der Waals surface area contributed by atoms with Crippen molar-refractivity contribution in [2.75, 3.05) is 6.61 Å². The van der Waals surface area contributed by atoms with Crippen LogP contribution in [0.4, 0.5) is 0 Å². The average molecular weight is 538 g/mol. The van der Waals surface area contributed by atoms with Crippen LogP contribution in [-0.4, -0.2) is 17.6 Å². The summed E-state index contributed by atoms with van der Waals surface area (Å²) in [6.45, 7) is 4.48. The minimum absolute atomic E-state index is 0.0525. The Morgan fingerprint density at radius 2 is 0.763 bits per heavy atom. The van der Waals surface area contributed by atoms with Crippen LogP contribution in [0.25, 0.3) is 0 Å². The molecule has 3 nitrogen and oxygen atoms in total. The monoisotopic (exact) mass is 538 g/mol. The normalized spacial score (nSPS) is 13.1. The summed E-state index contributed by atoms with van der Waals surface area (Å²) >= 11 is 0. The van der Waals surface area contributed by atoms with Gasteiger partial charge < -0.3 is 10.8 Å². The van der Waals surface area contributed by atoms with E-state index in [9.17, 15) is 9.90 Å². The van der Waals surface area contributed by atoms with Crippen LogP contribution in [0, 0.1) is 11.8 Å². The highest BCUT2D eigenvalue weighted by atomic mass is 16.3. The zero-order valence-electron chi connectivity index (χ0n) is 26.3. The molecule has 0 aliphatic heterocycles. The average Bonchev–Trinajstić information content (AvgIpc) is 2.91. The van der Waals surface area contributed by atoms with Crippen LogP contribution in [-0.2, 0) is 4.79 Å². The lowest BCUT2D eigenvalue weighted by molar-refractivity contribution is -0.124. The van der Waals surface area contributed by atoms with Gasteiger partial charge >= 0.3 is 0 Å². The summed E-state index contributed by atoms with van der Waals surface area (Å²) in [7, 11) is 0. The number of rotatable bonds is 32. The molecular weight excluding hydrogens is 466 g/mol. The predicted octanol–water partition coefficient (Wildman–Crippen LogP) is 11.0. The number of hydrogen-bond donors (Lipinski definition) is 2. The van der Waals surface area contributed by atoms with Gasteiger partial charge in [-0.05, 0) is 18.8 Å². The number of aliphatic hydroxyl groups excluding tert-OH is 1. The molecule has 228 valence electrons. The molecule has 0 aromatic rings. The lowest BCUT2D eigenvalue weighted by Gasteiger charge is -2.22. The molecule has 2 unspecified atom stereocenters. The Morgan fingerprint density at radius 1 is 0.474 bits per heavy atom. The van der Waals surface area contributed by atoms with Crippen LogP contribution in [0.1, 0.15) is 200 Å². The fourth-order valence-corrected chi connectivity index (χ4v) is 6.08. The highest BCUT2D eigenvalue weighted by Crippen LogP contribution is 2.24. The molecule has 0 fully saturated rings. The second-order valence-electron chi connectivity index (χ2n) is 12.4. The lowest BCUT2D eigenvalue weighted by Crippen LogP contribution is -2.32. The van der Waals surface area contributed by atoms with Crippen molar-refractivity contribution in [3.63, 3.8) is 0 Å². The number of carbonyl (C=O) groups excluding carboxylic acids is 1. The van der Waals surface area contributed by atoms with Gasteiger partial charge in [0.15, 0.2) is 0 Å². The Balaban J connectivity index is 3.26. The van der Waals surface area contributed by atoms with E-state index in [2.05, 4.69) is 13.8 Å². The van der Waals surface area contributed by atoms with Crippen LogP contribution in [0.2, 0.25) is 0 Å². The van der Waals surface area contributed by atoms with E-state index in [0.29, 0.717) is 0 Å². The highest BCUT2D eigenvalue weighted by molar-refractivity contribution is 5.76. The second-order valence-corrected chi connectivity index (χ2v) is 12.4. The summed E-state index contributed by atoms with van der Waals surface area (Å²) in [4.78, 5) is 11.8. The zero-order chi connectivity index (χ0) is 27.9. The molecule has 0 radical (unpaired) electrons. The summed E-state index contributed by atoms with van der Waals surface area (Å²) in [5.41, 5.74) is 5.60. The summed E-state index contributed by atoms with van der Waals surface area (Å²) in [6, 6.07) is 0. The van der Waals surface area contributed by atoms with Crippen molar-refractivity contribution >= 4 is 5.91 Å². The molecule has 0 saturated carbocycles. The Bertz CT molecular complexity index is 467. The lowest BCUT2D eigenvalue weighted by atomic mass is 9.84. The minimum Gasteiger partial charge on any atom is -0.396 e. The molecule has 0 aliphatic rings. The third kappa shape index (κ3) is 25.7. The summed E-state index contributed by atoms with van der Waals surface area (Å²) < 4.78 is 0. The molecule has 1 amide bonds. The predicted molar refractivity (Wildman–Crippen MR) is 169 cm³/mol. The molecule has 0 saturated heterocycles. The van der Waals surface area contributed by atoms with Gasteiger partial charge in [0.25, 0.3) is 0 Å². The standard InChI is InChI=1S/C35H71NO2/c1-3-5-6-7-8-9-10-11-12-13-14-15-16-17-18-19-20-21-22-23-24-25-26-27-28-29-31-34(35(36)38)33(32-37)30-4-2/h33-34,37H,3-32H2,1-2H3,(H2,36,38). The van der Waals surface area contributed by atoms with Crippen molar-refractivity contribution in [1.82, 2.24) is 0 Å². The zero-order valence-corrected chi connectivity index (χ0v) is 26.3. The Labute approximate surface area is 239 Å². The molecule has 3 N–H and O–H groups in total. The quantitative estimate of drug-likeness (QED) is 0.0838. The highest BCUT2D eigenvalue weighted by Gasteiger charge is 2.24. The van der Waals surface area contributed by atoms with Crippen LogP contribution in [0.3, 0.4) is 0 Å². The number of unbranched alkanes of at least 4 members (excludes halogenated alkanes) is 25. The van der Waals surface area contributed by atoms with Crippen LogP contribution < -0.4 is 5.73 Å². The fourth-order valence-electron chi connectivity index (χ4n) is 6.08. The van der Waals surface area contributed by atoms with Crippen LogP contribution >= 0.6 is 0 Å². The van der Waals surface area contributed by atoms with E-state index in [1.807, 2.05) is 0 Å². The maximum Gasteiger partial charge on any atom is 0.220 e. The summed E-state index contributed by atoms with van der Waals surface area (Å²) in [6.07, 6.45) is 39.2. The largest absolute Gasteiger partial charge is 0.396 e. The van der Waals surface area contributed by atoms with E-state index < -0.39 is 0 Å². The molecular formula is C35H71NO2. The molecule has 2 atom stereocenters. The number of hydrogen-bond acceptors (Lipinski definition) is 2. The topological polar surface area (TPSA) is 63.3 Å². The number of amides is 1. The van der Waals surface area contributed by atoms with Gasteiger partial charge in [-0.3, -0.25) is 4.79 Å². The van der Waals surface area contributed by atoms with E-state index in [1.165, 1.54) is 161 Å². The van der Waals surface area contributed by atoms with E-state index >= 15 is 0 Å². The maximum atomic E-state index is 11.8. The minimum atomic E-state index is -0.225. The molecule has 0 aromatic heterocycles. The first kappa shape index (κ1) is 37.4. The maximum absolute atomic E-state index is 11.8. The van der Waals surface area contributed by atoms with Gasteiger partial charge in [0.2, 0.25) is 5.91 Å². The van der Waals surface area contributed by atoms with Gasteiger partial charge in [0.05, 0.1) is 0 Å². The van der Waals surface area contributed by atoms with Crippen molar-refractivity contribution in [2.45, 2.75) is 200 Å².